The maximum atomic E-state index is 11.5. The van der Waals surface area contributed by atoms with Crippen LogP contribution in [0, 0.1) is 0 Å². The first kappa shape index (κ1) is 13.8. The summed E-state index contributed by atoms with van der Waals surface area (Å²) in [5.41, 5.74) is 0. The quantitative estimate of drug-likeness (QED) is 0.849. The number of benzene rings is 1. The van der Waals surface area contributed by atoms with Gasteiger partial charge in [-0.25, -0.2) is 0 Å². The van der Waals surface area contributed by atoms with Crippen LogP contribution in [0.5, 0.6) is 5.75 Å². The Bertz CT molecular complexity index is 368. The van der Waals surface area contributed by atoms with Gasteiger partial charge in [0.15, 0.2) is 6.61 Å². The molecule has 1 N–H and O–H groups in total. The maximum absolute atomic E-state index is 11.5. The Labute approximate surface area is 107 Å². The summed E-state index contributed by atoms with van der Waals surface area (Å²) in [5, 5.41) is 3.38. The van der Waals surface area contributed by atoms with Gasteiger partial charge in [-0.15, -0.1) is 0 Å². The molecule has 0 aliphatic heterocycles. The summed E-state index contributed by atoms with van der Waals surface area (Å²) in [6.07, 6.45) is 2.02. The van der Waals surface area contributed by atoms with Gasteiger partial charge in [0.2, 0.25) is 0 Å². The van der Waals surface area contributed by atoms with Crippen molar-refractivity contribution < 1.29 is 9.53 Å². The fourth-order valence-corrected chi connectivity index (χ4v) is 1.72. The van der Waals surface area contributed by atoms with Crippen molar-refractivity contribution in [2.24, 2.45) is 0 Å². The molecule has 0 radical (unpaired) electrons. The van der Waals surface area contributed by atoms with E-state index in [1.54, 1.807) is 12.1 Å². The van der Waals surface area contributed by atoms with Crippen LogP contribution in [-0.2, 0) is 4.79 Å². The summed E-state index contributed by atoms with van der Waals surface area (Å²) in [6, 6.07) is 7.29. The van der Waals surface area contributed by atoms with Gasteiger partial charge in [-0.1, -0.05) is 37.1 Å². The first-order valence-corrected chi connectivity index (χ1v) is 6.18. The Hall–Kier alpha value is -1.22. The van der Waals surface area contributed by atoms with Crippen LogP contribution in [-0.4, -0.2) is 18.6 Å². The summed E-state index contributed by atoms with van der Waals surface area (Å²) < 4.78 is 5.33. The van der Waals surface area contributed by atoms with Crippen LogP contribution in [0.1, 0.15) is 26.7 Å². The molecule has 0 fully saturated rings. The molecular weight excluding hydrogens is 238 g/mol. The fourth-order valence-electron chi connectivity index (χ4n) is 1.53. The molecule has 0 spiro atoms. The van der Waals surface area contributed by atoms with E-state index in [2.05, 4.69) is 12.2 Å². The van der Waals surface area contributed by atoms with Crippen molar-refractivity contribution in [2.45, 2.75) is 32.7 Å². The lowest BCUT2D eigenvalue weighted by Gasteiger charge is -2.13. The SMILES string of the molecule is CCC[C@@H](C)NC(=O)COc1ccccc1Cl. The number of para-hydroxylation sites is 1. The van der Waals surface area contributed by atoms with Gasteiger partial charge in [-0.05, 0) is 25.5 Å². The predicted molar refractivity (Wildman–Crippen MR) is 69.5 cm³/mol. The Balaban J connectivity index is 2.36. The second-order valence-corrected chi connectivity index (χ2v) is 4.38. The van der Waals surface area contributed by atoms with E-state index in [1.165, 1.54) is 0 Å². The Kier molecular flexibility index (Phi) is 5.84. The van der Waals surface area contributed by atoms with Gasteiger partial charge in [0.1, 0.15) is 5.75 Å². The van der Waals surface area contributed by atoms with Gasteiger partial charge in [0.25, 0.3) is 5.91 Å². The van der Waals surface area contributed by atoms with E-state index in [0.29, 0.717) is 10.8 Å². The molecule has 0 aliphatic carbocycles. The van der Waals surface area contributed by atoms with Crippen molar-refractivity contribution in [3.05, 3.63) is 29.3 Å². The molecule has 17 heavy (non-hydrogen) atoms. The number of ether oxygens (including phenoxy) is 1. The number of carbonyl (C=O) groups is 1. The molecule has 3 nitrogen and oxygen atoms in total. The molecule has 1 rings (SSSR count). The topological polar surface area (TPSA) is 38.3 Å². The molecule has 4 heteroatoms. The molecule has 0 unspecified atom stereocenters. The zero-order valence-corrected chi connectivity index (χ0v) is 11.0. The molecule has 1 atom stereocenters. The van der Waals surface area contributed by atoms with Crippen molar-refractivity contribution >= 4 is 17.5 Å². The number of halogens is 1. The highest BCUT2D eigenvalue weighted by molar-refractivity contribution is 6.32. The average molecular weight is 256 g/mol. The predicted octanol–water partition coefficient (Wildman–Crippen LogP) is 3.02. The average Bonchev–Trinajstić information content (AvgIpc) is 2.28. The molecule has 1 amide bonds. The molecule has 0 saturated carbocycles. The Morgan fingerprint density at radius 3 is 2.82 bits per heavy atom. The molecule has 94 valence electrons. The van der Waals surface area contributed by atoms with Crippen molar-refractivity contribution in [1.29, 1.82) is 0 Å². The summed E-state index contributed by atoms with van der Waals surface area (Å²) in [4.78, 5) is 11.5. The normalized spacial score (nSPS) is 11.9. The van der Waals surface area contributed by atoms with E-state index < -0.39 is 0 Å². The van der Waals surface area contributed by atoms with E-state index >= 15 is 0 Å². The first-order chi connectivity index (χ1) is 8.13. The minimum atomic E-state index is -0.120. The van der Waals surface area contributed by atoms with E-state index in [4.69, 9.17) is 16.3 Å². The number of nitrogens with one attached hydrogen (secondary N) is 1. The Morgan fingerprint density at radius 2 is 2.18 bits per heavy atom. The lowest BCUT2D eigenvalue weighted by molar-refractivity contribution is -0.123. The molecule has 0 bridgehead atoms. The van der Waals surface area contributed by atoms with Gasteiger partial charge in [-0.2, -0.15) is 0 Å². The zero-order chi connectivity index (χ0) is 12.7. The molecule has 0 aliphatic rings. The lowest BCUT2D eigenvalue weighted by atomic mass is 10.2. The maximum Gasteiger partial charge on any atom is 0.258 e. The summed E-state index contributed by atoms with van der Waals surface area (Å²) in [7, 11) is 0. The number of hydrogen-bond acceptors (Lipinski definition) is 2. The third kappa shape index (κ3) is 5.09. The van der Waals surface area contributed by atoms with Crippen LogP contribution in [0.4, 0.5) is 0 Å². The Morgan fingerprint density at radius 1 is 1.47 bits per heavy atom. The number of hydrogen-bond donors (Lipinski definition) is 1. The number of amides is 1. The van der Waals surface area contributed by atoms with E-state index in [0.717, 1.165) is 12.8 Å². The number of carbonyl (C=O) groups excluding carboxylic acids is 1. The zero-order valence-electron chi connectivity index (χ0n) is 10.2. The van der Waals surface area contributed by atoms with Crippen molar-refractivity contribution in [2.75, 3.05) is 6.61 Å². The smallest absolute Gasteiger partial charge is 0.258 e. The van der Waals surface area contributed by atoms with Crippen LogP contribution in [0.3, 0.4) is 0 Å². The summed E-state index contributed by atoms with van der Waals surface area (Å²) in [6.45, 7) is 4.07. The summed E-state index contributed by atoms with van der Waals surface area (Å²) in [5.74, 6) is 0.415. The van der Waals surface area contributed by atoms with Gasteiger partial charge >= 0.3 is 0 Å². The van der Waals surface area contributed by atoms with E-state index in [1.807, 2.05) is 19.1 Å². The van der Waals surface area contributed by atoms with Crippen molar-refractivity contribution in [3.8, 4) is 5.75 Å². The third-order valence-electron chi connectivity index (χ3n) is 2.32. The molecule has 0 saturated heterocycles. The monoisotopic (exact) mass is 255 g/mol. The van der Waals surface area contributed by atoms with E-state index in [-0.39, 0.29) is 18.6 Å². The van der Waals surface area contributed by atoms with Crippen LogP contribution in [0.2, 0.25) is 5.02 Å². The second-order valence-electron chi connectivity index (χ2n) is 3.98. The van der Waals surface area contributed by atoms with Gasteiger partial charge in [0, 0.05) is 6.04 Å². The minimum absolute atomic E-state index is 0.00219. The van der Waals surface area contributed by atoms with Gasteiger partial charge < -0.3 is 10.1 Å². The van der Waals surface area contributed by atoms with Crippen LogP contribution < -0.4 is 10.1 Å². The molecule has 1 aromatic carbocycles. The van der Waals surface area contributed by atoms with Gasteiger partial charge in [0.05, 0.1) is 5.02 Å². The molecule has 0 aromatic heterocycles. The lowest BCUT2D eigenvalue weighted by Crippen LogP contribution is -2.35. The second kappa shape index (κ2) is 7.17. The van der Waals surface area contributed by atoms with Gasteiger partial charge in [-0.3, -0.25) is 4.79 Å². The van der Waals surface area contributed by atoms with Crippen LogP contribution >= 0.6 is 11.6 Å². The molecule has 0 heterocycles. The molecule has 1 aromatic rings. The third-order valence-corrected chi connectivity index (χ3v) is 2.64. The largest absolute Gasteiger partial charge is 0.482 e. The van der Waals surface area contributed by atoms with E-state index in [9.17, 15) is 4.79 Å². The standard InChI is InChI=1S/C13H18ClNO2/c1-3-6-10(2)15-13(16)9-17-12-8-5-4-7-11(12)14/h4-5,7-8,10H,3,6,9H2,1-2H3,(H,15,16)/t10-/m1/s1. The molecular formula is C13H18ClNO2. The van der Waals surface area contributed by atoms with Crippen LogP contribution in [0.15, 0.2) is 24.3 Å². The highest BCUT2D eigenvalue weighted by Crippen LogP contribution is 2.22. The fraction of sp³-hybridized carbons (Fsp3) is 0.462. The minimum Gasteiger partial charge on any atom is -0.482 e. The van der Waals surface area contributed by atoms with Crippen molar-refractivity contribution in [3.63, 3.8) is 0 Å². The first-order valence-electron chi connectivity index (χ1n) is 5.80. The van der Waals surface area contributed by atoms with Crippen LogP contribution in [0.25, 0.3) is 0 Å². The van der Waals surface area contributed by atoms with Crippen molar-refractivity contribution in [1.82, 2.24) is 5.32 Å². The highest BCUT2D eigenvalue weighted by atomic mass is 35.5. The highest BCUT2D eigenvalue weighted by Gasteiger charge is 2.08. The number of rotatable bonds is 6. The summed E-state index contributed by atoms with van der Waals surface area (Å²) >= 11 is 5.91.